The summed E-state index contributed by atoms with van der Waals surface area (Å²) in [6.07, 6.45) is -0.387. The van der Waals surface area contributed by atoms with Gasteiger partial charge in [0.15, 0.2) is 0 Å². The summed E-state index contributed by atoms with van der Waals surface area (Å²) in [4.78, 5) is 6.91. The second-order valence-electron chi connectivity index (χ2n) is 5.58. The van der Waals surface area contributed by atoms with Crippen LogP contribution in [0.1, 0.15) is 12.6 Å². The van der Waals surface area contributed by atoms with Gasteiger partial charge in [0.25, 0.3) is 0 Å². The van der Waals surface area contributed by atoms with Crippen molar-refractivity contribution in [1.82, 2.24) is 4.98 Å². The summed E-state index contributed by atoms with van der Waals surface area (Å²) in [7, 11) is 0. The standard InChI is InChI=1S/C19H20N2OS/c1-15(22)12-21(18-10-6-3-7-11-18)13-17-14-23-19(20-17)16-8-4-2-5-9-16/h2-11,14-15,22H,12-13H2,1H3. The average Bonchev–Trinajstić information content (AvgIpc) is 3.04. The van der Waals surface area contributed by atoms with Crippen molar-refractivity contribution in [3.8, 4) is 10.6 Å². The number of benzene rings is 2. The topological polar surface area (TPSA) is 36.4 Å². The molecule has 4 heteroatoms. The molecular formula is C19H20N2OS. The number of hydrogen-bond donors (Lipinski definition) is 1. The van der Waals surface area contributed by atoms with E-state index in [1.54, 1.807) is 11.3 Å². The van der Waals surface area contributed by atoms with Crippen LogP contribution in [0.4, 0.5) is 5.69 Å². The number of aliphatic hydroxyl groups excluding tert-OH is 1. The molecule has 23 heavy (non-hydrogen) atoms. The Morgan fingerprint density at radius 1 is 1.04 bits per heavy atom. The molecule has 0 aliphatic carbocycles. The van der Waals surface area contributed by atoms with Crippen LogP contribution in [0.25, 0.3) is 10.6 Å². The minimum absolute atomic E-state index is 0.387. The van der Waals surface area contributed by atoms with Crippen molar-refractivity contribution in [1.29, 1.82) is 0 Å². The SMILES string of the molecule is CC(O)CN(Cc1csc(-c2ccccc2)n1)c1ccccc1. The largest absolute Gasteiger partial charge is 0.392 e. The highest BCUT2D eigenvalue weighted by molar-refractivity contribution is 7.13. The van der Waals surface area contributed by atoms with E-state index < -0.39 is 0 Å². The number of anilines is 1. The zero-order valence-electron chi connectivity index (χ0n) is 13.1. The third-order valence-corrected chi connectivity index (χ3v) is 4.47. The molecule has 0 saturated heterocycles. The number of para-hydroxylation sites is 1. The molecule has 0 radical (unpaired) electrons. The molecule has 0 fully saturated rings. The lowest BCUT2D eigenvalue weighted by Crippen LogP contribution is -2.30. The van der Waals surface area contributed by atoms with Crippen LogP contribution in [-0.4, -0.2) is 22.7 Å². The molecule has 0 saturated carbocycles. The Morgan fingerprint density at radius 2 is 1.70 bits per heavy atom. The Balaban J connectivity index is 1.79. The molecule has 3 rings (SSSR count). The smallest absolute Gasteiger partial charge is 0.123 e. The van der Waals surface area contributed by atoms with Crippen LogP contribution in [0.15, 0.2) is 66.0 Å². The fourth-order valence-electron chi connectivity index (χ4n) is 2.51. The molecule has 0 bridgehead atoms. The lowest BCUT2D eigenvalue weighted by molar-refractivity contribution is 0.199. The maximum Gasteiger partial charge on any atom is 0.123 e. The van der Waals surface area contributed by atoms with Crippen LogP contribution < -0.4 is 4.90 Å². The molecule has 0 spiro atoms. The zero-order valence-corrected chi connectivity index (χ0v) is 13.9. The van der Waals surface area contributed by atoms with Gasteiger partial charge >= 0.3 is 0 Å². The Labute approximate surface area is 140 Å². The average molecular weight is 324 g/mol. The van der Waals surface area contributed by atoms with Crippen molar-refractivity contribution in [2.24, 2.45) is 0 Å². The van der Waals surface area contributed by atoms with E-state index in [0.29, 0.717) is 13.1 Å². The molecular weight excluding hydrogens is 304 g/mol. The van der Waals surface area contributed by atoms with Gasteiger partial charge in [0.1, 0.15) is 5.01 Å². The van der Waals surface area contributed by atoms with E-state index in [-0.39, 0.29) is 6.10 Å². The second kappa shape index (κ2) is 7.40. The van der Waals surface area contributed by atoms with E-state index in [4.69, 9.17) is 4.98 Å². The molecule has 0 aliphatic heterocycles. The second-order valence-corrected chi connectivity index (χ2v) is 6.43. The van der Waals surface area contributed by atoms with Crippen LogP contribution >= 0.6 is 11.3 Å². The van der Waals surface area contributed by atoms with Gasteiger partial charge in [-0.2, -0.15) is 0 Å². The molecule has 2 aromatic carbocycles. The van der Waals surface area contributed by atoms with E-state index in [1.165, 1.54) is 0 Å². The van der Waals surface area contributed by atoms with Gasteiger partial charge in [-0.05, 0) is 19.1 Å². The van der Waals surface area contributed by atoms with Gasteiger partial charge in [0, 0.05) is 23.2 Å². The van der Waals surface area contributed by atoms with Gasteiger partial charge in [-0.15, -0.1) is 11.3 Å². The Morgan fingerprint density at radius 3 is 2.35 bits per heavy atom. The molecule has 1 heterocycles. The van der Waals surface area contributed by atoms with Gasteiger partial charge in [-0.3, -0.25) is 0 Å². The van der Waals surface area contributed by atoms with Crippen molar-refractivity contribution >= 4 is 17.0 Å². The van der Waals surface area contributed by atoms with Crippen molar-refractivity contribution < 1.29 is 5.11 Å². The number of aromatic nitrogens is 1. The zero-order chi connectivity index (χ0) is 16.1. The molecule has 118 valence electrons. The molecule has 1 atom stereocenters. The van der Waals surface area contributed by atoms with Gasteiger partial charge in [-0.1, -0.05) is 48.5 Å². The van der Waals surface area contributed by atoms with E-state index in [2.05, 4.69) is 34.5 Å². The molecule has 1 unspecified atom stereocenters. The molecule has 3 nitrogen and oxygen atoms in total. The summed E-state index contributed by atoms with van der Waals surface area (Å²) < 4.78 is 0. The minimum Gasteiger partial charge on any atom is -0.392 e. The predicted molar refractivity (Wildman–Crippen MR) is 96.7 cm³/mol. The van der Waals surface area contributed by atoms with Crippen molar-refractivity contribution in [2.45, 2.75) is 19.6 Å². The maximum absolute atomic E-state index is 9.79. The van der Waals surface area contributed by atoms with Crippen LogP contribution in [0.2, 0.25) is 0 Å². The third-order valence-electron chi connectivity index (χ3n) is 3.53. The first kappa shape index (κ1) is 15.7. The summed E-state index contributed by atoms with van der Waals surface area (Å²) in [6.45, 7) is 3.09. The summed E-state index contributed by atoms with van der Waals surface area (Å²) >= 11 is 1.66. The van der Waals surface area contributed by atoms with E-state index in [9.17, 15) is 5.11 Å². The van der Waals surface area contributed by atoms with Crippen LogP contribution in [-0.2, 0) is 6.54 Å². The summed E-state index contributed by atoms with van der Waals surface area (Å²) in [5, 5.41) is 12.9. The van der Waals surface area contributed by atoms with Crippen LogP contribution in [0.5, 0.6) is 0 Å². The first-order valence-corrected chi connectivity index (χ1v) is 8.58. The maximum atomic E-state index is 9.79. The van der Waals surface area contributed by atoms with E-state index in [0.717, 1.165) is 22.0 Å². The molecule has 0 aliphatic rings. The molecule has 0 amide bonds. The number of rotatable bonds is 6. The summed E-state index contributed by atoms with van der Waals surface area (Å²) in [5.41, 5.74) is 3.27. The monoisotopic (exact) mass is 324 g/mol. The number of nitrogens with zero attached hydrogens (tertiary/aromatic N) is 2. The van der Waals surface area contributed by atoms with Crippen molar-refractivity contribution in [2.75, 3.05) is 11.4 Å². The fraction of sp³-hybridized carbons (Fsp3) is 0.211. The van der Waals surface area contributed by atoms with Gasteiger partial charge in [0.2, 0.25) is 0 Å². The van der Waals surface area contributed by atoms with Crippen molar-refractivity contribution in [3.05, 3.63) is 71.7 Å². The quantitative estimate of drug-likeness (QED) is 0.738. The first-order chi connectivity index (χ1) is 11.2. The lowest BCUT2D eigenvalue weighted by atomic mass is 10.2. The lowest BCUT2D eigenvalue weighted by Gasteiger charge is -2.25. The van der Waals surface area contributed by atoms with Gasteiger partial charge in [-0.25, -0.2) is 4.98 Å². The first-order valence-electron chi connectivity index (χ1n) is 7.70. The fourth-order valence-corrected chi connectivity index (χ4v) is 3.32. The Kier molecular flexibility index (Phi) is 5.05. The van der Waals surface area contributed by atoms with Gasteiger partial charge in [0.05, 0.1) is 18.3 Å². The van der Waals surface area contributed by atoms with E-state index in [1.807, 2.05) is 43.3 Å². The summed E-state index contributed by atoms with van der Waals surface area (Å²) in [5.74, 6) is 0. The van der Waals surface area contributed by atoms with E-state index >= 15 is 0 Å². The molecule has 1 N–H and O–H groups in total. The minimum atomic E-state index is -0.387. The molecule has 1 aromatic heterocycles. The number of aliphatic hydroxyl groups is 1. The predicted octanol–water partition coefficient (Wildman–Crippen LogP) is 4.20. The molecule has 3 aromatic rings. The van der Waals surface area contributed by atoms with Crippen LogP contribution in [0.3, 0.4) is 0 Å². The normalized spacial score (nSPS) is 12.1. The van der Waals surface area contributed by atoms with Crippen molar-refractivity contribution in [3.63, 3.8) is 0 Å². The number of thiazole rings is 1. The Bertz CT molecular complexity index is 725. The summed E-state index contributed by atoms with van der Waals surface area (Å²) in [6, 6.07) is 20.4. The van der Waals surface area contributed by atoms with Crippen LogP contribution in [0, 0.1) is 0 Å². The third kappa shape index (κ3) is 4.18. The number of hydrogen-bond acceptors (Lipinski definition) is 4. The highest BCUT2D eigenvalue weighted by Crippen LogP contribution is 2.25. The van der Waals surface area contributed by atoms with Gasteiger partial charge < -0.3 is 10.0 Å². The Hall–Kier alpha value is -2.17. The highest BCUT2D eigenvalue weighted by Gasteiger charge is 2.12. The highest BCUT2D eigenvalue weighted by atomic mass is 32.1.